The third-order valence-corrected chi connectivity index (χ3v) is 7.09. The summed E-state index contributed by atoms with van der Waals surface area (Å²) in [6.45, 7) is 0.286. The van der Waals surface area contributed by atoms with Crippen LogP contribution in [0.15, 0.2) is 41.3 Å². The van der Waals surface area contributed by atoms with Gasteiger partial charge in [-0.25, -0.2) is 17.5 Å². The maximum Gasteiger partial charge on any atom is 0.293 e. The van der Waals surface area contributed by atoms with Crippen molar-refractivity contribution >= 4 is 56.3 Å². The molecule has 0 aliphatic carbocycles. The highest BCUT2D eigenvalue weighted by Gasteiger charge is 2.34. The lowest BCUT2D eigenvalue weighted by Gasteiger charge is -2.12. The normalized spacial score (nSPS) is 15.6. The quantitative estimate of drug-likeness (QED) is 0.515. The van der Waals surface area contributed by atoms with Crippen molar-refractivity contribution in [2.24, 2.45) is 0 Å². The van der Waals surface area contributed by atoms with E-state index < -0.39 is 27.0 Å². The highest BCUT2D eigenvalue weighted by Crippen LogP contribution is 2.32. The Hall–Kier alpha value is -2.54. The number of rotatable bonds is 9. The molecule has 0 saturated carbocycles. The number of nitrogens with one attached hydrogen (secondary N) is 2. The molecule has 3 rings (SSSR count). The molecule has 0 atom stereocenters. The highest BCUT2D eigenvalue weighted by atomic mass is 32.2. The van der Waals surface area contributed by atoms with Crippen molar-refractivity contribution < 1.29 is 27.2 Å². The molecule has 0 spiro atoms. The Bertz CT molecular complexity index is 1180. The Kier molecular flexibility index (Phi) is 7.82. The van der Waals surface area contributed by atoms with Crippen molar-refractivity contribution in [3.05, 3.63) is 62.4 Å². The fourth-order valence-corrected chi connectivity index (χ4v) is 5.04. The van der Waals surface area contributed by atoms with Gasteiger partial charge >= 0.3 is 0 Å². The van der Waals surface area contributed by atoms with Gasteiger partial charge in [-0.1, -0.05) is 18.2 Å². The second kappa shape index (κ2) is 10.4. The van der Waals surface area contributed by atoms with Crippen LogP contribution in [-0.2, 0) is 21.2 Å². The number of halogens is 1. The molecule has 2 aromatic rings. The van der Waals surface area contributed by atoms with E-state index >= 15 is 0 Å². The van der Waals surface area contributed by atoms with Crippen LogP contribution in [0.2, 0.25) is 0 Å². The summed E-state index contributed by atoms with van der Waals surface area (Å²) >= 11 is 1.96. The SMILES string of the molecule is CS(=O)(=O)NCCc1ccc(C(=O)NCCN2C(=O)SC(=Cc3ccccc3F)C2=O)s1. The maximum absolute atomic E-state index is 13.8. The van der Waals surface area contributed by atoms with Crippen molar-refractivity contribution in [1.29, 1.82) is 0 Å². The van der Waals surface area contributed by atoms with Gasteiger partial charge in [0.2, 0.25) is 10.0 Å². The number of thiophene rings is 1. The van der Waals surface area contributed by atoms with Crippen LogP contribution in [0.25, 0.3) is 6.08 Å². The number of thioether (sulfide) groups is 1. The molecule has 3 amide bonds. The number of benzene rings is 1. The third-order valence-electron chi connectivity index (χ3n) is 4.31. The molecule has 0 unspecified atom stereocenters. The molecule has 0 bridgehead atoms. The van der Waals surface area contributed by atoms with Crippen LogP contribution in [0.3, 0.4) is 0 Å². The number of hydrogen-bond donors (Lipinski definition) is 2. The molecule has 2 heterocycles. The van der Waals surface area contributed by atoms with Crippen LogP contribution in [-0.4, -0.2) is 56.3 Å². The third kappa shape index (κ3) is 6.48. The predicted molar refractivity (Wildman–Crippen MR) is 122 cm³/mol. The second-order valence-corrected chi connectivity index (χ2v) is 10.8. The van der Waals surface area contributed by atoms with Crippen molar-refractivity contribution in [1.82, 2.24) is 14.9 Å². The van der Waals surface area contributed by atoms with Crippen LogP contribution in [0, 0.1) is 5.82 Å². The van der Waals surface area contributed by atoms with E-state index in [4.69, 9.17) is 0 Å². The van der Waals surface area contributed by atoms with E-state index in [0.717, 1.165) is 27.8 Å². The van der Waals surface area contributed by atoms with E-state index in [9.17, 15) is 27.2 Å². The van der Waals surface area contributed by atoms with Crippen LogP contribution >= 0.6 is 23.1 Å². The Morgan fingerprint density at radius 3 is 2.62 bits per heavy atom. The zero-order valence-electron chi connectivity index (χ0n) is 17.0. The molecule has 1 aliphatic heterocycles. The number of imide groups is 1. The molecule has 2 N–H and O–H groups in total. The van der Waals surface area contributed by atoms with Crippen molar-refractivity contribution in [2.45, 2.75) is 6.42 Å². The summed E-state index contributed by atoms with van der Waals surface area (Å²) in [6.07, 6.45) is 2.87. The molecule has 1 fully saturated rings. The summed E-state index contributed by atoms with van der Waals surface area (Å²) < 4.78 is 38.4. The van der Waals surface area contributed by atoms with Gasteiger partial charge in [-0.05, 0) is 42.5 Å². The van der Waals surface area contributed by atoms with Gasteiger partial charge in [0, 0.05) is 30.1 Å². The summed E-state index contributed by atoms with van der Waals surface area (Å²) in [4.78, 5) is 39.4. The lowest BCUT2D eigenvalue weighted by molar-refractivity contribution is -0.122. The van der Waals surface area contributed by atoms with Gasteiger partial charge < -0.3 is 5.32 Å². The molecule has 8 nitrogen and oxygen atoms in total. The lowest BCUT2D eigenvalue weighted by Crippen LogP contribution is -2.37. The molecule has 1 saturated heterocycles. The average molecular weight is 498 g/mol. The van der Waals surface area contributed by atoms with Gasteiger partial charge in [-0.2, -0.15) is 0 Å². The first-order valence-electron chi connectivity index (χ1n) is 9.45. The molecule has 1 aliphatic rings. The summed E-state index contributed by atoms with van der Waals surface area (Å²) in [5.41, 5.74) is 0.214. The lowest BCUT2D eigenvalue weighted by atomic mass is 10.2. The van der Waals surface area contributed by atoms with Crippen LogP contribution < -0.4 is 10.0 Å². The summed E-state index contributed by atoms with van der Waals surface area (Å²) in [5.74, 6) is -1.38. The molecule has 1 aromatic heterocycles. The number of sulfonamides is 1. The van der Waals surface area contributed by atoms with Crippen molar-refractivity contribution in [2.75, 3.05) is 25.9 Å². The summed E-state index contributed by atoms with van der Waals surface area (Å²) in [7, 11) is -3.27. The molecular weight excluding hydrogens is 477 g/mol. The van der Waals surface area contributed by atoms with E-state index in [-0.39, 0.29) is 36.0 Å². The Morgan fingerprint density at radius 2 is 1.91 bits per heavy atom. The minimum absolute atomic E-state index is 0.0124. The van der Waals surface area contributed by atoms with Crippen molar-refractivity contribution in [3.63, 3.8) is 0 Å². The average Bonchev–Trinajstić information content (AvgIpc) is 3.29. The first kappa shape index (κ1) is 24.1. The Labute approximate surface area is 192 Å². The minimum atomic E-state index is -3.27. The van der Waals surface area contributed by atoms with Crippen LogP contribution in [0.5, 0.6) is 0 Å². The van der Waals surface area contributed by atoms with Gasteiger partial charge in [-0.15, -0.1) is 11.3 Å². The number of hydrogen-bond acceptors (Lipinski definition) is 7. The number of carbonyl (C=O) groups is 3. The van der Waals surface area contributed by atoms with Gasteiger partial charge in [0.1, 0.15) is 5.82 Å². The second-order valence-electron chi connectivity index (χ2n) is 6.79. The van der Waals surface area contributed by atoms with Crippen LogP contribution in [0.1, 0.15) is 20.1 Å². The van der Waals surface area contributed by atoms with Gasteiger partial charge in [0.15, 0.2) is 0 Å². The minimum Gasteiger partial charge on any atom is -0.350 e. The topological polar surface area (TPSA) is 113 Å². The standard InChI is InChI=1S/C20H20FN3O5S3/c1-32(28,29)23-9-8-14-6-7-16(30-14)18(25)22-10-11-24-19(26)17(31-20(24)27)12-13-4-2-3-5-15(13)21/h2-7,12,23H,8-11H2,1H3,(H,22,25). The van der Waals surface area contributed by atoms with Gasteiger partial charge in [-0.3, -0.25) is 19.3 Å². The fourth-order valence-electron chi connectivity index (χ4n) is 2.79. The van der Waals surface area contributed by atoms with E-state index in [1.165, 1.54) is 35.6 Å². The molecule has 1 aromatic carbocycles. The molecule has 0 radical (unpaired) electrons. The number of amides is 3. The molecule has 12 heteroatoms. The van der Waals surface area contributed by atoms with Gasteiger partial charge in [0.05, 0.1) is 16.0 Å². The number of carbonyl (C=O) groups excluding carboxylic acids is 3. The number of nitrogens with zero attached hydrogens (tertiary/aromatic N) is 1. The monoisotopic (exact) mass is 497 g/mol. The molecular formula is C20H20FN3O5S3. The Morgan fingerprint density at radius 1 is 1.16 bits per heavy atom. The van der Waals surface area contributed by atoms with Crippen LogP contribution in [0.4, 0.5) is 9.18 Å². The maximum atomic E-state index is 13.8. The van der Waals surface area contributed by atoms with E-state index in [1.54, 1.807) is 18.2 Å². The zero-order chi connectivity index (χ0) is 23.3. The molecule has 32 heavy (non-hydrogen) atoms. The van der Waals surface area contributed by atoms with E-state index in [2.05, 4.69) is 10.0 Å². The smallest absolute Gasteiger partial charge is 0.293 e. The predicted octanol–water partition coefficient (Wildman–Crippen LogP) is 2.45. The van der Waals surface area contributed by atoms with E-state index in [1.807, 2.05) is 0 Å². The molecule has 170 valence electrons. The summed E-state index contributed by atoms with van der Waals surface area (Å²) in [6, 6.07) is 9.32. The highest BCUT2D eigenvalue weighted by molar-refractivity contribution is 8.18. The first-order chi connectivity index (χ1) is 15.1. The van der Waals surface area contributed by atoms with Crippen molar-refractivity contribution in [3.8, 4) is 0 Å². The first-order valence-corrected chi connectivity index (χ1v) is 13.0. The summed E-state index contributed by atoms with van der Waals surface area (Å²) in [5, 5.41) is 2.18. The largest absolute Gasteiger partial charge is 0.350 e. The Balaban J connectivity index is 1.51. The fraction of sp³-hybridized carbons (Fsp3) is 0.250. The zero-order valence-corrected chi connectivity index (χ0v) is 19.4. The van der Waals surface area contributed by atoms with E-state index in [0.29, 0.717) is 11.3 Å². The van der Waals surface area contributed by atoms with Gasteiger partial charge in [0.25, 0.3) is 17.1 Å².